The van der Waals surface area contributed by atoms with Gasteiger partial charge in [0.25, 0.3) is 0 Å². The Morgan fingerprint density at radius 2 is 1.80 bits per heavy atom. The quantitative estimate of drug-likeness (QED) is 0.216. The number of fused-ring (bicyclic) bond motifs is 1. The van der Waals surface area contributed by atoms with Gasteiger partial charge in [-0.2, -0.15) is 8.42 Å². The predicted octanol–water partition coefficient (Wildman–Crippen LogP) is 5.18. The first-order valence-electron chi connectivity index (χ1n) is 9.27. The van der Waals surface area contributed by atoms with Crippen molar-refractivity contribution in [3.05, 3.63) is 59.3 Å². The number of rotatable bonds is 8. The molecule has 0 aliphatic rings. The van der Waals surface area contributed by atoms with Gasteiger partial charge >= 0.3 is 16.1 Å². The van der Waals surface area contributed by atoms with Gasteiger partial charge in [0.05, 0.1) is 12.2 Å². The fourth-order valence-electron chi connectivity index (χ4n) is 3.23. The molecule has 30 heavy (non-hydrogen) atoms. The second kappa shape index (κ2) is 9.53. The van der Waals surface area contributed by atoms with Crippen LogP contribution in [0.5, 0.6) is 5.75 Å². The highest BCUT2D eigenvalue weighted by Gasteiger charge is 2.24. The van der Waals surface area contributed by atoms with Crippen LogP contribution < -0.4 is 4.18 Å². The average molecular weight is 559 g/mol. The Balaban J connectivity index is 2.11. The highest BCUT2D eigenvalue weighted by molar-refractivity contribution is 9.09. The Bertz CT molecular complexity index is 1170. The summed E-state index contributed by atoms with van der Waals surface area (Å²) in [5, 5.41) is 1.72. The molecule has 0 aliphatic carbocycles. The highest BCUT2D eigenvalue weighted by atomic mass is 79.9. The monoisotopic (exact) mass is 557 g/mol. The minimum Gasteiger partial charge on any atom is -0.462 e. The number of alkyl halides is 2. The molecule has 0 N–H and O–H groups in total. The lowest BCUT2D eigenvalue weighted by molar-refractivity contribution is 0.0527. The number of hydrogen-bond acceptors (Lipinski definition) is 5. The van der Waals surface area contributed by atoms with Crippen LogP contribution in [0.4, 0.5) is 0 Å². The van der Waals surface area contributed by atoms with Gasteiger partial charge in [-0.1, -0.05) is 49.6 Å². The molecule has 0 amide bonds. The maximum atomic E-state index is 12.7. The zero-order valence-electron chi connectivity index (χ0n) is 16.5. The van der Waals surface area contributed by atoms with Crippen LogP contribution in [0.3, 0.4) is 0 Å². The normalized spacial score (nSPS) is 11.6. The second-order valence-electron chi connectivity index (χ2n) is 6.55. The molecule has 0 aliphatic heterocycles. The van der Waals surface area contributed by atoms with Crippen LogP contribution >= 0.6 is 31.9 Å². The van der Waals surface area contributed by atoms with Crippen molar-refractivity contribution in [3.8, 4) is 5.75 Å². The molecule has 0 saturated carbocycles. The summed E-state index contributed by atoms with van der Waals surface area (Å²) in [5.41, 5.74) is 2.92. The van der Waals surface area contributed by atoms with Crippen LogP contribution in [-0.4, -0.2) is 30.9 Å². The molecule has 6 nitrogen and oxygen atoms in total. The molecule has 2 aromatic carbocycles. The molecule has 3 aromatic rings. The van der Waals surface area contributed by atoms with Crippen LogP contribution in [0, 0.1) is 6.92 Å². The molecule has 9 heteroatoms. The van der Waals surface area contributed by atoms with Gasteiger partial charge in [-0.05, 0) is 44.2 Å². The van der Waals surface area contributed by atoms with E-state index in [0.717, 1.165) is 16.8 Å². The molecule has 0 spiro atoms. The van der Waals surface area contributed by atoms with Crippen LogP contribution in [0.2, 0.25) is 0 Å². The summed E-state index contributed by atoms with van der Waals surface area (Å²) >= 11 is 6.90. The topological polar surface area (TPSA) is 74.6 Å². The molecule has 1 aromatic heterocycles. The number of benzene rings is 2. The number of carbonyl (C=O) groups is 1. The maximum Gasteiger partial charge on any atom is 0.340 e. The van der Waals surface area contributed by atoms with Gasteiger partial charge in [-0.25, -0.2) is 4.79 Å². The van der Waals surface area contributed by atoms with Crippen LogP contribution in [0.25, 0.3) is 10.9 Å². The Hall–Kier alpha value is -1.84. The minimum absolute atomic E-state index is 0.0665. The molecule has 0 atom stereocenters. The van der Waals surface area contributed by atoms with E-state index in [1.807, 2.05) is 11.5 Å². The summed E-state index contributed by atoms with van der Waals surface area (Å²) in [6.45, 7) is 4.50. The summed E-state index contributed by atoms with van der Waals surface area (Å²) in [4.78, 5) is 12.7. The van der Waals surface area contributed by atoms with E-state index in [0.29, 0.717) is 28.2 Å². The predicted molar refractivity (Wildman–Crippen MR) is 123 cm³/mol. The van der Waals surface area contributed by atoms with E-state index in [1.165, 1.54) is 12.1 Å². The zero-order valence-corrected chi connectivity index (χ0v) is 20.5. The highest BCUT2D eigenvalue weighted by Crippen LogP contribution is 2.33. The van der Waals surface area contributed by atoms with E-state index < -0.39 is 16.1 Å². The smallest absolute Gasteiger partial charge is 0.340 e. The fourth-order valence-corrected chi connectivity index (χ4v) is 5.09. The first-order valence-corrected chi connectivity index (χ1v) is 12.9. The van der Waals surface area contributed by atoms with E-state index in [9.17, 15) is 13.2 Å². The molecule has 0 bridgehead atoms. The van der Waals surface area contributed by atoms with Crippen molar-refractivity contribution in [3.63, 3.8) is 0 Å². The minimum atomic E-state index is -4.00. The van der Waals surface area contributed by atoms with Gasteiger partial charge in [0, 0.05) is 33.8 Å². The Morgan fingerprint density at radius 3 is 2.40 bits per heavy atom. The lowest BCUT2D eigenvalue weighted by atomic mass is 10.1. The third-order valence-corrected chi connectivity index (χ3v) is 6.72. The Labute approximate surface area is 192 Å². The van der Waals surface area contributed by atoms with Gasteiger partial charge in [0.15, 0.2) is 0 Å². The number of aryl methyl sites for hydroxylation is 2. The third kappa shape index (κ3) is 4.58. The van der Waals surface area contributed by atoms with Gasteiger partial charge < -0.3 is 13.5 Å². The number of nitrogens with zero attached hydrogens (tertiary/aromatic N) is 1. The number of carbonyl (C=O) groups excluding carboxylic acids is 1. The standard InChI is InChI=1S/C21H21Br2NO5S/c1-3-28-21(25)20-17-12-15(6-9-18(17)24(11-10-22)19(20)13-23)29-30(26,27)16-7-4-14(2)5-8-16/h4-9,12H,3,10-11,13H2,1-2H3. The molecule has 0 radical (unpaired) electrons. The number of esters is 1. The lowest BCUT2D eigenvalue weighted by Gasteiger charge is -2.09. The first-order chi connectivity index (χ1) is 14.3. The van der Waals surface area contributed by atoms with Crippen LogP contribution in [0.1, 0.15) is 28.5 Å². The van der Waals surface area contributed by atoms with Gasteiger partial charge in [0.2, 0.25) is 0 Å². The van der Waals surface area contributed by atoms with Crippen molar-refractivity contribution in [1.29, 1.82) is 0 Å². The van der Waals surface area contributed by atoms with Gasteiger partial charge in [-0.15, -0.1) is 0 Å². The van der Waals surface area contributed by atoms with Crippen molar-refractivity contribution in [1.82, 2.24) is 4.57 Å². The van der Waals surface area contributed by atoms with E-state index in [2.05, 4.69) is 31.9 Å². The lowest BCUT2D eigenvalue weighted by Crippen LogP contribution is -2.10. The summed E-state index contributed by atoms with van der Waals surface area (Å²) in [5.74, 6) is -0.324. The Morgan fingerprint density at radius 1 is 1.10 bits per heavy atom. The second-order valence-corrected chi connectivity index (χ2v) is 9.45. The number of aromatic nitrogens is 1. The van der Waals surface area contributed by atoms with E-state index in [4.69, 9.17) is 8.92 Å². The number of ether oxygens (including phenoxy) is 1. The molecule has 160 valence electrons. The van der Waals surface area contributed by atoms with Gasteiger partial charge in [-0.3, -0.25) is 0 Å². The van der Waals surface area contributed by atoms with Crippen LogP contribution in [-0.2, 0) is 26.7 Å². The first kappa shape index (κ1) is 22.8. The maximum absolute atomic E-state index is 12.7. The Kier molecular flexibility index (Phi) is 7.26. The largest absolute Gasteiger partial charge is 0.462 e. The molecule has 1 heterocycles. The number of hydrogen-bond donors (Lipinski definition) is 0. The van der Waals surface area contributed by atoms with Crippen molar-refractivity contribution in [2.75, 3.05) is 11.9 Å². The van der Waals surface area contributed by atoms with Crippen molar-refractivity contribution < 1.29 is 22.1 Å². The van der Waals surface area contributed by atoms with Crippen LogP contribution in [0.15, 0.2) is 47.4 Å². The van der Waals surface area contributed by atoms with Crippen molar-refractivity contribution >= 4 is 58.9 Å². The summed E-state index contributed by atoms with van der Waals surface area (Å²) in [6, 6.07) is 11.3. The van der Waals surface area contributed by atoms with E-state index in [-0.39, 0.29) is 17.3 Å². The average Bonchev–Trinajstić information content (AvgIpc) is 3.01. The molecule has 0 fully saturated rings. The summed E-state index contributed by atoms with van der Waals surface area (Å²) in [7, 11) is -4.00. The summed E-state index contributed by atoms with van der Waals surface area (Å²) in [6.07, 6.45) is 0. The molecular formula is C21H21Br2NO5S. The molecule has 0 unspecified atom stereocenters. The van der Waals surface area contributed by atoms with E-state index in [1.54, 1.807) is 37.3 Å². The van der Waals surface area contributed by atoms with E-state index >= 15 is 0 Å². The fraction of sp³-hybridized carbons (Fsp3) is 0.286. The molecule has 0 saturated heterocycles. The summed E-state index contributed by atoms with van der Waals surface area (Å²) < 4.78 is 38.0. The van der Waals surface area contributed by atoms with Crippen molar-refractivity contribution in [2.45, 2.75) is 30.6 Å². The SMILES string of the molecule is CCOC(=O)c1c(CBr)n(CCBr)c2ccc(OS(=O)(=O)c3ccc(C)cc3)cc12. The third-order valence-electron chi connectivity index (χ3n) is 4.57. The number of halogens is 2. The molecular weight excluding hydrogens is 538 g/mol. The van der Waals surface area contributed by atoms with Gasteiger partial charge in [0.1, 0.15) is 10.6 Å². The molecule has 3 rings (SSSR count). The van der Waals surface area contributed by atoms with Crippen molar-refractivity contribution in [2.24, 2.45) is 0 Å². The zero-order chi connectivity index (χ0) is 21.9.